The maximum atomic E-state index is 10.3. The highest BCUT2D eigenvalue weighted by atomic mass is 35.5. The molecule has 0 amide bonds. The average Bonchev–Trinajstić information content (AvgIpc) is 3.17. The molecule has 6 N–H and O–H groups in total. The molecule has 10 heteroatoms. The maximum Gasteiger partial charge on any atom is 0.234 e. The van der Waals surface area contributed by atoms with Crippen LogP contribution in [0.4, 0.5) is 11.8 Å². The number of nitrogens with one attached hydrogen (secondary N) is 1. The van der Waals surface area contributed by atoms with Crippen molar-refractivity contribution in [2.45, 2.75) is 24.7 Å². The van der Waals surface area contributed by atoms with E-state index < -0.39 is 24.2 Å². The minimum atomic E-state index is -1.09. The number of oxazole rings is 1. The van der Waals surface area contributed by atoms with Crippen LogP contribution in [-0.4, -0.2) is 55.1 Å². The Morgan fingerprint density at radius 3 is 2.67 bits per heavy atom. The van der Waals surface area contributed by atoms with Crippen molar-refractivity contribution < 1.29 is 19.7 Å². The molecular weight excluding hydrogens is 374 g/mol. The molecule has 0 saturated heterocycles. The molecule has 1 aliphatic rings. The van der Waals surface area contributed by atoms with Crippen LogP contribution >= 0.6 is 11.6 Å². The first-order valence-electron chi connectivity index (χ1n) is 8.40. The summed E-state index contributed by atoms with van der Waals surface area (Å²) in [6.07, 6.45) is -1.79. The highest BCUT2D eigenvalue weighted by Gasteiger charge is 2.41. The van der Waals surface area contributed by atoms with Gasteiger partial charge in [0, 0.05) is 12.5 Å². The fourth-order valence-corrected chi connectivity index (χ4v) is 3.60. The van der Waals surface area contributed by atoms with E-state index in [1.807, 2.05) is 12.1 Å². The van der Waals surface area contributed by atoms with E-state index >= 15 is 0 Å². The number of anilines is 2. The molecule has 1 fully saturated rings. The van der Waals surface area contributed by atoms with Crippen LogP contribution in [0.15, 0.2) is 28.7 Å². The number of rotatable bonds is 4. The molecule has 2 aromatic heterocycles. The largest absolute Gasteiger partial charge is 0.436 e. The number of aliphatic hydroxyl groups excluding tert-OH is 3. The van der Waals surface area contributed by atoms with Gasteiger partial charge in [-0.2, -0.15) is 4.98 Å². The number of nitrogen functional groups attached to an aromatic ring is 1. The van der Waals surface area contributed by atoms with Crippen LogP contribution < -0.4 is 11.1 Å². The minimum Gasteiger partial charge on any atom is -0.436 e. The SMILES string of the molecule is Nc1nc(Cl)c(-c2nc3ccccc3o2)c(N[C@@H]2C[C@H](CO)[C@@H](O)[C@H]2O)n1. The number of nitrogens with two attached hydrogens (primary N) is 1. The number of hydrogen-bond acceptors (Lipinski definition) is 9. The van der Waals surface area contributed by atoms with Gasteiger partial charge < -0.3 is 30.8 Å². The van der Waals surface area contributed by atoms with Crippen molar-refractivity contribution in [1.82, 2.24) is 15.0 Å². The second-order valence-corrected chi connectivity index (χ2v) is 6.85. The van der Waals surface area contributed by atoms with Gasteiger partial charge >= 0.3 is 0 Å². The lowest BCUT2D eigenvalue weighted by molar-refractivity contribution is 0.00446. The minimum absolute atomic E-state index is 0.0447. The van der Waals surface area contributed by atoms with Gasteiger partial charge in [0.2, 0.25) is 11.8 Å². The number of para-hydroxylation sites is 2. The predicted octanol–water partition coefficient (Wildman–Crippen LogP) is 1.03. The molecular formula is C17H18ClN5O4. The van der Waals surface area contributed by atoms with E-state index in [1.54, 1.807) is 12.1 Å². The molecule has 1 aromatic carbocycles. The Morgan fingerprint density at radius 1 is 1.19 bits per heavy atom. The lowest BCUT2D eigenvalue weighted by Crippen LogP contribution is -2.35. The summed E-state index contributed by atoms with van der Waals surface area (Å²) in [5.41, 5.74) is 7.24. The van der Waals surface area contributed by atoms with Gasteiger partial charge in [-0.3, -0.25) is 0 Å². The second kappa shape index (κ2) is 6.93. The molecule has 4 rings (SSSR count). The maximum absolute atomic E-state index is 10.3. The molecule has 1 saturated carbocycles. The van der Waals surface area contributed by atoms with E-state index in [0.29, 0.717) is 23.1 Å². The van der Waals surface area contributed by atoms with E-state index in [0.717, 1.165) is 0 Å². The third-order valence-corrected chi connectivity index (χ3v) is 5.02. The van der Waals surface area contributed by atoms with Gasteiger partial charge in [0.05, 0.1) is 12.1 Å². The molecule has 3 aromatic rings. The Bertz CT molecular complexity index is 948. The fraction of sp³-hybridized carbons (Fsp3) is 0.353. The Labute approximate surface area is 158 Å². The van der Waals surface area contributed by atoms with Crippen LogP contribution in [-0.2, 0) is 0 Å². The van der Waals surface area contributed by atoms with Gasteiger partial charge in [-0.05, 0) is 18.6 Å². The van der Waals surface area contributed by atoms with Crippen LogP contribution in [0.3, 0.4) is 0 Å². The zero-order chi connectivity index (χ0) is 19.1. The number of halogens is 1. The fourth-order valence-electron chi connectivity index (χ4n) is 3.35. The van der Waals surface area contributed by atoms with Gasteiger partial charge in [0.15, 0.2) is 5.58 Å². The van der Waals surface area contributed by atoms with Crippen molar-refractivity contribution in [2.24, 2.45) is 5.92 Å². The van der Waals surface area contributed by atoms with Crippen molar-refractivity contribution >= 4 is 34.5 Å². The third-order valence-electron chi connectivity index (χ3n) is 4.75. The Balaban J connectivity index is 1.75. The smallest absolute Gasteiger partial charge is 0.234 e. The standard InChI is InChI=1S/C17H18ClN5O4/c18-14-11(16-21-8-3-1-2-4-10(8)27-16)15(23-17(19)22-14)20-9-5-7(6-24)12(25)13(9)26/h1-4,7,9,12-13,24-26H,5-6H2,(H3,19,20,22,23)/t7-,9-,12-,13+/m1/s1. The zero-order valence-corrected chi connectivity index (χ0v) is 14.8. The van der Waals surface area contributed by atoms with Crippen molar-refractivity contribution in [3.8, 4) is 11.5 Å². The third kappa shape index (κ3) is 3.19. The highest BCUT2D eigenvalue weighted by Crippen LogP contribution is 2.37. The summed E-state index contributed by atoms with van der Waals surface area (Å²) in [7, 11) is 0. The van der Waals surface area contributed by atoms with E-state index in [-0.39, 0.29) is 29.4 Å². The summed E-state index contributed by atoms with van der Waals surface area (Å²) < 4.78 is 5.76. The molecule has 0 radical (unpaired) electrons. The highest BCUT2D eigenvalue weighted by molar-refractivity contribution is 6.32. The average molecular weight is 392 g/mol. The quantitative estimate of drug-likeness (QED) is 0.411. The molecule has 0 spiro atoms. The molecule has 0 bridgehead atoms. The van der Waals surface area contributed by atoms with E-state index in [9.17, 15) is 15.3 Å². The van der Waals surface area contributed by atoms with E-state index in [1.165, 1.54) is 0 Å². The summed E-state index contributed by atoms with van der Waals surface area (Å²) in [6, 6.07) is 6.66. The van der Waals surface area contributed by atoms with Crippen LogP contribution in [0.5, 0.6) is 0 Å². The summed E-state index contributed by atoms with van der Waals surface area (Å²) in [6.45, 7) is -0.235. The van der Waals surface area contributed by atoms with Gasteiger partial charge in [-0.1, -0.05) is 23.7 Å². The predicted molar refractivity (Wildman–Crippen MR) is 99.1 cm³/mol. The molecule has 4 atom stereocenters. The lowest BCUT2D eigenvalue weighted by atomic mass is 10.1. The molecule has 0 unspecified atom stereocenters. The topological polar surface area (TPSA) is 151 Å². The van der Waals surface area contributed by atoms with Crippen molar-refractivity contribution in [3.05, 3.63) is 29.4 Å². The first kappa shape index (κ1) is 17.9. The molecule has 27 heavy (non-hydrogen) atoms. The Hall–Kier alpha value is -2.46. The van der Waals surface area contributed by atoms with Gasteiger partial charge in [-0.25, -0.2) is 9.97 Å². The summed E-state index contributed by atoms with van der Waals surface area (Å²) in [5.74, 6) is -0.0709. The van der Waals surface area contributed by atoms with E-state index in [2.05, 4.69) is 20.3 Å². The van der Waals surface area contributed by atoms with Crippen LogP contribution in [0.1, 0.15) is 6.42 Å². The normalized spacial score (nSPS) is 25.2. The van der Waals surface area contributed by atoms with Crippen molar-refractivity contribution in [2.75, 3.05) is 17.7 Å². The van der Waals surface area contributed by atoms with Crippen molar-refractivity contribution in [3.63, 3.8) is 0 Å². The molecule has 142 valence electrons. The number of aromatic nitrogens is 3. The molecule has 2 heterocycles. The van der Waals surface area contributed by atoms with E-state index in [4.69, 9.17) is 21.8 Å². The first-order chi connectivity index (χ1) is 13.0. The Kier molecular flexibility index (Phi) is 4.60. The summed E-state index contributed by atoms with van der Waals surface area (Å²) in [4.78, 5) is 12.5. The Morgan fingerprint density at radius 2 is 1.96 bits per heavy atom. The number of aliphatic hydroxyl groups is 3. The lowest BCUT2D eigenvalue weighted by Gasteiger charge is -2.20. The zero-order valence-electron chi connectivity index (χ0n) is 14.1. The molecule has 0 aliphatic heterocycles. The van der Waals surface area contributed by atoms with Crippen LogP contribution in [0.2, 0.25) is 5.15 Å². The first-order valence-corrected chi connectivity index (χ1v) is 8.78. The van der Waals surface area contributed by atoms with Crippen LogP contribution in [0.25, 0.3) is 22.6 Å². The van der Waals surface area contributed by atoms with Crippen LogP contribution in [0, 0.1) is 5.92 Å². The second-order valence-electron chi connectivity index (χ2n) is 6.49. The van der Waals surface area contributed by atoms with Gasteiger partial charge in [0.1, 0.15) is 28.2 Å². The van der Waals surface area contributed by atoms with Gasteiger partial charge in [0.25, 0.3) is 0 Å². The number of benzene rings is 1. The van der Waals surface area contributed by atoms with Crippen molar-refractivity contribution in [1.29, 1.82) is 0 Å². The summed E-state index contributed by atoms with van der Waals surface area (Å²) >= 11 is 6.28. The van der Waals surface area contributed by atoms with Gasteiger partial charge in [-0.15, -0.1) is 0 Å². The molecule has 1 aliphatic carbocycles. The number of fused-ring (bicyclic) bond motifs is 1. The molecule has 9 nitrogen and oxygen atoms in total. The number of hydrogen-bond donors (Lipinski definition) is 5. The number of nitrogens with zero attached hydrogens (tertiary/aromatic N) is 3. The summed E-state index contributed by atoms with van der Waals surface area (Å²) in [5, 5.41) is 32.7. The monoisotopic (exact) mass is 391 g/mol.